The van der Waals surface area contributed by atoms with Gasteiger partial charge in [-0.15, -0.1) is 0 Å². The molecule has 1 rings (SSSR count). The third-order valence-corrected chi connectivity index (χ3v) is 1.63. The van der Waals surface area contributed by atoms with Crippen LogP contribution in [0.3, 0.4) is 0 Å². The summed E-state index contributed by atoms with van der Waals surface area (Å²) in [5.41, 5.74) is 3.19. The van der Waals surface area contributed by atoms with Crippen molar-refractivity contribution < 1.29 is 15.6 Å². The Morgan fingerprint density at radius 3 is 3.00 bits per heavy atom. The molecule has 66 valence electrons. The fourth-order valence-electron chi connectivity index (χ4n) is 0.874. The Morgan fingerprint density at radius 1 is 1.92 bits per heavy atom. The zero-order valence-corrected chi connectivity index (χ0v) is 6.83. The molecule has 5 nitrogen and oxygen atoms in total. The lowest BCUT2D eigenvalue weighted by Crippen LogP contribution is -2.79. The highest BCUT2D eigenvalue weighted by molar-refractivity contribution is 5.74. The average molecular weight is 169 g/mol. The van der Waals surface area contributed by atoms with Gasteiger partial charge in [0, 0.05) is 18.3 Å². The van der Waals surface area contributed by atoms with Gasteiger partial charge in [-0.25, -0.2) is 4.98 Å². The van der Waals surface area contributed by atoms with Crippen LogP contribution >= 0.6 is 0 Å². The van der Waals surface area contributed by atoms with Gasteiger partial charge in [0.15, 0.2) is 0 Å². The predicted molar refractivity (Wildman–Crippen MR) is 38.6 cm³/mol. The molecule has 0 unspecified atom stereocenters. The number of aromatic amines is 1. The monoisotopic (exact) mass is 169 g/mol. The molecule has 1 aromatic heterocycles. The molecule has 0 radical (unpaired) electrons. The number of aromatic nitrogens is 2. The first kappa shape index (κ1) is 8.73. The number of aliphatic carboxylic acids is 1. The van der Waals surface area contributed by atoms with E-state index in [0.29, 0.717) is 6.42 Å². The van der Waals surface area contributed by atoms with Gasteiger partial charge < -0.3 is 20.6 Å². The first-order valence-electron chi connectivity index (χ1n) is 3.56. The first-order valence-corrected chi connectivity index (χ1v) is 3.56. The minimum absolute atomic E-state index is 0.301. The van der Waals surface area contributed by atoms with Crippen molar-refractivity contribution in [2.75, 3.05) is 0 Å². The number of nitrogens with one attached hydrogen (secondary N) is 1. The summed E-state index contributed by atoms with van der Waals surface area (Å²) in [6.07, 6.45) is 3.38. The summed E-state index contributed by atoms with van der Waals surface area (Å²) in [5, 5.41) is 10.5. The fraction of sp³-hybridized carbons (Fsp3) is 0.429. The van der Waals surface area contributed by atoms with Crippen molar-refractivity contribution in [3.8, 4) is 0 Å². The van der Waals surface area contributed by atoms with Crippen LogP contribution in [0.15, 0.2) is 12.5 Å². The van der Waals surface area contributed by atoms with Crippen LogP contribution in [0, 0.1) is 0 Å². The second-order valence-corrected chi connectivity index (χ2v) is 3.10. The highest BCUT2D eigenvalue weighted by Crippen LogP contribution is 2.04. The van der Waals surface area contributed by atoms with E-state index < -0.39 is 11.5 Å². The molecule has 12 heavy (non-hydrogen) atoms. The van der Waals surface area contributed by atoms with Gasteiger partial charge in [0.2, 0.25) is 0 Å². The molecule has 4 N–H and O–H groups in total. The highest BCUT2D eigenvalue weighted by atomic mass is 16.4. The van der Waals surface area contributed by atoms with Gasteiger partial charge in [0.05, 0.1) is 6.33 Å². The van der Waals surface area contributed by atoms with E-state index in [1.54, 1.807) is 6.20 Å². The largest absolute Gasteiger partial charge is 0.544 e. The molecule has 0 fully saturated rings. The Morgan fingerprint density at radius 2 is 2.58 bits per heavy atom. The Kier molecular flexibility index (Phi) is 2.14. The minimum Gasteiger partial charge on any atom is -0.544 e. The van der Waals surface area contributed by atoms with Crippen LogP contribution in [0.25, 0.3) is 0 Å². The highest BCUT2D eigenvalue weighted by Gasteiger charge is 2.25. The molecule has 1 aromatic rings. The van der Waals surface area contributed by atoms with E-state index in [2.05, 4.69) is 15.7 Å². The summed E-state index contributed by atoms with van der Waals surface area (Å²) in [6, 6.07) is 0. The Balaban J connectivity index is 2.69. The number of hydrogen-bond acceptors (Lipinski definition) is 3. The summed E-state index contributed by atoms with van der Waals surface area (Å²) >= 11 is 0. The molecule has 0 aliphatic heterocycles. The van der Waals surface area contributed by atoms with Crippen molar-refractivity contribution in [1.82, 2.24) is 9.97 Å². The molecule has 0 spiro atoms. The third-order valence-electron chi connectivity index (χ3n) is 1.63. The lowest BCUT2D eigenvalue weighted by Gasteiger charge is -2.20. The summed E-state index contributed by atoms with van der Waals surface area (Å²) in [4.78, 5) is 17.1. The quantitative estimate of drug-likeness (QED) is 0.532. The van der Waals surface area contributed by atoms with E-state index >= 15 is 0 Å². The normalized spacial score (nSPS) is 15.5. The van der Waals surface area contributed by atoms with Gasteiger partial charge in [-0.3, -0.25) is 0 Å². The summed E-state index contributed by atoms with van der Waals surface area (Å²) in [6.45, 7) is 1.52. The number of nitrogens with zero attached hydrogens (tertiary/aromatic N) is 1. The lowest BCUT2D eigenvalue weighted by molar-refractivity contribution is -0.480. The second-order valence-electron chi connectivity index (χ2n) is 3.10. The number of carbonyl (C=O) groups excluding carboxylic acids is 1. The van der Waals surface area contributed by atoms with Gasteiger partial charge in [0.1, 0.15) is 11.5 Å². The van der Waals surface area contributed by atoms with Crippen LogP contribution in [-0.2, 0) is 11.2 Å². The van der Waals surface area contributed by atoms with Crippen LogP contribution < -0.4 is 10.8 Å². The molecule has 0 aliphatic rings. The topological polar surface area (TPSA) is 96.5 Å². The van der Waals surface area contributed by atoms with Gasteiger partial charge >= 0.3 is 0 Å². The molecule has 0 aromatic carbocycles. The summed E-state index contributed by atoms with van der Waals surface area (Å²) < 4.78 is 0. The fourth-order valence-corrected chi connectivity index (χ4v) is 0.874. The van der Waals surface area contributed by atoms with Crippen LogP contribution in [-0.4, -0.2) is 21.5 Å². The van der Waals surface area contributed by atoms with Gasteiger partial charge in [-0.2, -0.15) is 0 Å². The number of imidazole rings is 1. The van der Waals surface area contributed by atoms with E-state index in [1.165, 1.54) is 13.3 Å². The Labute approximate surface area is 69.6 Å². The second kappa shape index (κ2) is 2.94. The molecule has 0 aliphatic carbocycles. The standard InChI is InChI=1S/C7H11N3O2/c1-7(8,6(11)12)2-5-3-9-4-10-5/h3-4H,2,8H2,1H3,(H,9,10)(H,11,12)/t7-/m0/s1. The van der Waals surface area contributed by atoms with Crippen LogP contribution in [0.5, 0.6) is 0 Å². The van der Waals surface area contributed by atoms with E-state index in [9.17, 15) is 9.90 Å². The molecular formula is C7H11N3O2. The van der Waals surface area contributed by atoms with E-state index in [-0.39, 0.29) is 0 Å². The number of hydrogen-bond donors (Lipinski definition) is 2. The number of carboxylic acid groups (broad SMARTS) is 1. The zero-order valence-electron chi connectivity index (χ0n) is 6.83. The SMILES string of the molecule is C[C@]([NH3+])(Cc1cnc[nH]1)C(=O)[O-]. The molecule has 1 heterocycles. The van der Waals surface area contributed by atoms with E-state index in [0.717, 1.165) is 5.69 Å². The van der Waals surface area contributed by atoms with Crippen molar-refractivity contribution in [3.05, 3.63) is 18.2 Å². The molecule has 0 amide bonds. The number of carboxylic acids is 1. The smallest absolute Gasteiger partial charge is 0.137 e. The molecule has 1 atom stereocenters. The maximum Gasteiger partial charge on any atom is 0.137 e. The van der Waals surface area contributed by atoms with E-state index in [4.69, 9.17) is 0 Å². The van der Waals surface area contributed by atoms with Crippen molar-refractivity contribution in [2.24, 2.45) is 0 Å². The van der Waals surface area contributed by atoms with Crippen molar-refractivity contribution in [3.63, 3.8) is 0 Å². The first-order chi connectivity index (χ1) is 5.52. The Bertz CT molecular complexity index is 266. The average Bonchev–Trinajstić information content (AvgIpc) is 2.38. The number of quaternary nitrogens is 1. The molecular weight excluding hydrogens is 158 g/mol. The van der Waals surface area contributed by atoms with Gasteiger partial charge in [0.25, 0.3) is 0 Å². The predicted octanol–water partition coefficient (Wildman–Crippen LogP) is -2.30. The maximum absolute atomic E-state index is 10.5. The third kappa shape index (κ3) is 1.82. The van der Waals surface area contributed by atoms with Gasteiger partial charge in [-0.1, -0.05) is 0 Å². The molecule has 5 heteroatoms. The lowest BCUT2D eigenvalue weighted by atomic mass is 9.98. The van der Waals surface area contributed by atoms with Crippen molar-refractivity contribution in [1.29, 1.82) is 0 Å². The Hall–Kier alpha value is -1.36. The van der Waals surface area contributed by atoms with Gasteiger partial charge in [-0.05, 0) is 6.92 Å². The molecule has 0 bridgehead atoms. The summed E-state index contributed by atoms with van der Waals surface area (Å²) in [5.74, 6) is -1.16. The van der Waals surface area contributed by atoms with Crippen LogP contribution in [0.4, 0.5) is 0 Å². The number of rotatable bonds is 3. The van der Waals surface area contributed by atoms with Crippen LogP contribution in [0.1, 0.15) is 12.6 Å². The maximum atomic E-state index is 10.5. The molecule has 0 saturated carbocycles. The minimum atomic E-state index is -1.16. The van der Waals surface area contributed by atoms with Crippen LogP contribution in [0.2, 0.25) is 0 Å². The van der Waals surface area contributed by atoms with E-state index in [1.807, 2.05) is 0 Å². The van der Waals surface area contributed by atoms with Crippen molar-refractivity contribution >= 4 is 5.97 Å². The molecule has 0 saturated heterocycles. The summed E-state index contributed by atoms with van der Waals surface area (Å²) in [7, 11) is 0. The zero-order chi connectivity index (χ0) is 9.19. The number of carbonyl (C=O) groups is 1. The number of H-pyrrole nitrogens is 1. The van der Waals surface area contributed by atoms with Crippen molar-refractivity contribution in [2.45, 2.75) is 18.9 Å².